The van der Waals surface area contributed by atoms with Crippen LogP contribution in [0.5, 0.6) is 0 Å². The van der Waals surface area contributed by atoms with Gasteiger partial charge in [-0.3, -0.25) is 0 Å². The summed E-state index contributed by atoms with van der Waals surface area (Å²) in [4.78, 5) is 9.76. The number of hydrogen-bond acceptors (Lipinski definition) is 1. The first-order chi connectivity index (χ1) is 4.18. The van der Waals surface area contributed by atoms with Crippen molar-refractivity contribution < 1.29 is 9.90 Å². The van der Waals surface area contributed by atoms with E-state index < -0.39 is 5.97 Å². The third-order valence-corrected chi connectivity index (χ3v) is 0.521. The predicted octanol–water partition coefficient (Wildman–Crippen LogP) is 1.62. The van der Waals surface area contributed by atoms with Crippen molar-refractivity contribution in [3.05, 3.63) is 38.0 Å². The normalized spacial score (nSPS) is 6.22. The van der Waals surface area contributed by atoms with Gasteiger partial charge in [-0.05, 0) is 0 Å². The van der Waals surface area contributed by atoms with Crippen LogP contribution in [-0.2, 0) is 4.79 Å². The average molecular weight is 126 g/mol. The Labute approximate surface area is 54.8 Å². The van der Waals surface area contributed by atoms with Crippen molar-refractivity contribution in [3.63, 3.8) is 0 Å². The molecule has 0 radical (unpaired) electrons. The molecular weight excluding hydrogens is 116 g/mol. The van der Waals surface area contributed by atoms with Gasteiger partial charge in [-0.25, -0.2) is 4.79 Å². The Kier molecular flexibility index (Phi) is 7.90. The third-order valence-electron chi connectivity index (χ3n) is 0.521. The lowest BCUT2D eigenvalue weighted by atomic mass is 10.3. The molecule has 0 saturated heterocycles. The zero-order valence-corrected chi connectivity index (χ0v) is 5.26. The maximum Gasteiger partial charge on any atom is 0.335 e. The van der Waals surface area contributed by atoms with Gasteiger partial charge in [0.2, 0.25) is 0 Å². The first-order valence-corrected chi connectivity index (χ1v) is 2.23. The van der Waals surface area contributed by atoms with Crippen LogP contribution < -0.4 is 0 Å². The summed E-state index contributed by atoms with van der Waals surface area (Å²) < 4.78 is 0. The number of carboxylic acids is 1. The first-order valence-electron chi connectivity index (χ1n) is 2.23. The molecule has 0 fully saturated rings. The van der Waals surface area contributed by atoms with Gasteiger partial charge < -0.3 is 5.11 Å². The second-order valence-electron chi connectivity index (χ2n) is 1.03. The predicted molar refractivity (Wildman–Crippen MR) is 38.2 cm³/mol. The highest BCUT2D eigenvalue weighted by atomic mass is 16.4. The van der Waals surface area contributed by atoms with Crippen molar-refractivity contribution >= 4 is 5.97 Å². The lowest BCUT2D eigenvalue weighted by Gasteiger charge is -1.82. The van der Waals surface area contributed by atoms with Crippen LogP contribution in [0.25, 0.3) is 0 Å². The molecule has 2 nitrogen and oxygen atoms in total. The molecule has 0 rings (SSSR count). The number of aliphatic carboxylic acids is 1. The van der Waals surface area contributed by atoms with Gasteiger partial charge in [0.15, 0.2) is 0 Å². The highest BCUT2D eigenvalue weighted by Crippen LogP contribution is 1.86. The summed E-state index contributed by atoms with van der Waals surface area (Å²) in [6, 6.07) is 0. The second-order valence-corrected chi connectivity index (χ2v) is 1.03. The molecule has 0 heterocycles. The molecule has 0 aromatic heterocycles. The summed E-state index contributed by atoms with van der Waals surface area (Å²) in [7, 11) is 0. The van der Waals surface area contributed by atoms with Gasteiger partial charge in [-0.15, -0.1) is 13.2 Å². The van der Waals surface area contributed by atoms with Crippen LogP contribution >= 0.6 is 0 Å². The molecule has 0 aliphatic heterocycles. The van der Waals surface area contributed by atoms with E-state index in [0.29, 0.717) is 0 Å². The lowest BCUT2D eigenvalue weighted by molar-refractivity contribution is -0.132. The van der Waals surface area contributed by atoms with E-state index in [1.54, 1.807) is 0 Å². The van der Waals surface area contributed by atoms with E-state index in [0.717, 1.165) is 0 Å². The van der Waals surface area contributed by atoms with Gasteiger partial charge in [-0.2, -0.15) is 0 Å². The first kappa shape index (κ1) is 10.6. The Hall–Kier alpha value is -1.31. The fourth-order valence-electron chi connectivity index (χ4n) is 0.0873. The van der Waals surface area contributed by atoms with E-state index in [9.17, 15) is 4.79 Å². The van der Waals surface area contributed by atoms with Crippen LogP contribution in [0.15, 0.2) is 38.0 Å². The molecule has 0 aromatic carbocycles. The monoisotopic (exact) mass is 126 g/mol. The van der Waals surface area contributed by atoms with Gasteiger partial charge in [-0.1, -0.05) is 19.2 Å². The highest BCUT2D eigenvalue weighted by Gasteiger charge is 1.93. The Bertz CT molecular complexity index is 125. The molecule has 0 unspecified atom stereocenters. The molecule has 0 spiro atoms. The maximum absolute atomic E-state index is 9.76. The lowest BCUT2D eigenvalue weighted by Crippen LogP contribution is -1.93. The molecule has 0 bridgehead atoms. The van der Waals surface area contributed by atoms with Crippen LogP contribution in [0.3, 0.4) is 0 Å². The number of hydrogen-bond donors (Lipinski definition) is 1. The quantitative estimate of drug-likeness (QED) is 0.347. The fraction of sp³-hybridized carbons (Fsp3) is 0. The van der Waals surface area contributed by atoms with E-state index >= 15 is 0 Å². The number of carboxylic acid groups (broad SMARTS) is 1. The minimum atomic E-state index is -1.02. The SMILES string of the molecule is C=C.C=CC(=C)C(=O)O. The van der Waals surface area contributed by atoms with Crippen molar-refractivity contribution in [1.29, 1.82) is 0 Å². The molecule has 0 saturated carbocycles. The molecule has 0 aliphatic carbocycles. The van der Waals surface area contributed by atoms with Crippen molar-refractivity contribution in [3.8, 4) is 0 Å². The van der Waals surface area contributed by atoms with Crippen molar-refractivity contribution in [2.24, 2.45) is 0 Å². The van der Waals surface area contributed by atoms with Gasteiger partial charge in [0.25, 0.3) is 0 Å². The van der Waals surface area contributed by atoms with Crippen LogP contribution in [0.4, 0.5) is 0 Å². The van der Waals surface area contributed by atoms with Crippen molar-refractivity contribution in [2.75, 3.05) is 0 Å². The van der Waals surface area contributed by atoms with Crippen LogP contribution in [0, 0.1) is 0 Å². The highest BCUT2D eigenvalue weighted by molar-refractivity contribution is 5.88. The zero-order valence-electron chi connectivity index (χ0n) is 5.26. The Morgan fingerprint density at radius 3 is 1.78 bits per heavy atom. The minimum Gasteiger partial charge on any atom is -0.478 e. The zero-order chi connectivity index (χ0) is 7.86. The summed E-state index contributed by atoms with van der Waals surface area (Å²) in [6.07, 6.45) is 1.20. The molecule has 2 heteroatoms. The summed E-state index contributed by atoms with van der Waals surface area (Å²) in [5, 5.41) is 8.01. The summed E-state index contributed by atoms with van der Waals surface area (Å²) >= 11 is 0. The van der Waals surface area contributed by atoms with Crippen molar-refractivity contribution in [2.45, 2.75) is 0 Å². The Balaban J connectivity index is 0. The molecule has 0 atom stereocenters. The van der Waals surface area contributed by atoms with Crippen molar-refractivity contribution in [1.82, 2.24) is 0 Å². The fourth-order valence-corrected chi connectivity index (χ4v) is 0.0873. The molecule has 1 N–H and O–H groups in total. The summed E-state index contributed by atoms with van der Waals surface area (Å²) in [6.45, 7) is 12.4. The van der Waals surface area contributed by atoms with Crippen LogP contribution in [-0.4, -0.2) is 11.1 Å². The molecule has 9 heavy (non-hydrogen) atoms. The molecule has 0 aliphatic rings. The van der Waals surface area contributed by atoms with Gasteiger partial charge in [0, 0.05) is 0 Å². The minimum absolute atomic E-state index is 0.0278. The van der Waals surface area contributed by atoms with Crippen LogP contribution in [0.2, 0.25) is 0 Å². The van der Waals surface area contributed by atoms with E-state index in [1.165, 1.54) is 6.08 Å². The number of rotatable bonds is 2. The van der Waals surface area contributed by atoms with E-state index in [2.05, 4.69) is 26.3 Å². The molecule has 0 aromatic rings. The third kappa shape index (κ3) is 6.69. The van der Waals surface area contributed by atoms with Gasteiger partial charge in [0.1, 0.15) is 0 Å². The summed E-state index contributed by atoms with van der Waals surface area (Å²) in [5.74, 6) is -1.02. The van der Waals surface area contributed by atoms with Gasteiger partial charge >= 0.3 is 5.97 Å². The Morgan fingerprint density at radius 2 is 1.78 bits per heavy atom. The van der Waals surface area contributed by atoms with Gasteiger partial charge in [0.05, 0.1) is 5.57 Å². The summed E-state index contributed by atoms with van der Waals surface area (Å²) in [5.41, 5.74) is 0.0278. The van der Waals surface area contributed by atoms with E-state index in [4.69, 9.17) is 5.11 Å². The smallest absolute Gasteiger partial charge is 0.335 e. The molecule has 0 amide bonds. The average Bonchev–Trinajstić information content (AvgIpc) is 1.91. The Morgan fingerprint density at radius 1 is 1.44 bits per heavy atom. The largest absolute Gasteiger partial charge is 0.478 e. The second kappa shape index (κ2) is 6.69. The standard InChI is InChI=1S/C5H6O2.C2H4/c1-3-4(2)5(6)7;1-2/h3H,1-2H2,(H,6,7);1-2H2. The topological polar surface area (TPSA) is 37.3 Å². The number of carbonyl (C=O) groups is 1. The van der Waals surface area contributed by atoms with E-state index in [1.807, 2.05) is 0 Å². The molecule has 50 valence electrons. The van der Waals surface area contributed by atoms with E-state index in [-0.39, 0.29) is 5.57 Å². The molecular formula is C7H10O2. The van der Waals surface area contributed by atoms with Crippen LogP contribution in [0.1, 0.15) is 0 Å². The maximum atomic E-state index is 9.76.